The minimum absolute atomic E-state index is 0.199. The summed E-state index contributed by atoms with van der Waals surface area (Å²) in [4.78, 5) is 0. The molecular weight excluding hydrogens is 263 g/mol. The van der Waals surface area contributed by atoms with Crippen LogP contribution in [0.1, 0.15) is 16.8 Å². The van der Waals surface area contributed by atoms with Gasteiger partial charge in [0, 0.05) is 18.5 Å². The molecule has 1 aliphatic heterocycles. The zero-order valence-electron chi connectivity index (χ0n) is 10.2. The van der Waals surface area contributed by atoms with Gasteiger partial charge in [0.2, 0.25) is 0 Å². The van der Waals surface area contributed by atoms with Crippen molar-refractivity contribution in [3.63, 3.8) is 0 Å². The highest BCUT2D eigenvalue weighted by Crippen LogP contribution is 2.27. The summed E-state index contributed by atoms with van der Waals surface area (Å²) >= 11 is 4.97. The molecule has 0 amide bonds. The van der Waals surface area contributed by atoms with Gasteiger partial charge in [-0.3, -0.25) is 0 Å². The molecule has 2 aromatic rings. The lowest BCUT2D eigenvalue weighted by atomic mass is 10.1. The summed E-state index contributed by atoms with van der Waals surface area (Å²) in [5.74, 6) is 0.630. The number of thiocarbonyl (C=S) groups is 1. The van der Waals surface area contributed by atoms with Crippen LogP contribution >= 0.6 is 12.2 Å². The maximum absolute atomic E-state index is 13.7. The number of hydrogen-bond donors (Lipinski definition) is 2. The van der Waals surface area contributed by atoms with E-state index in [1.54, 1.807) is 12.1 Å². The van der Waals surface area contributed by atoms with Crippen molar-refractivity contribution in [2.45, 2.75) is 12.8 Å². The van der Waals surface area contributed by atoms with E-state index in [0.717, 1.165) is 30.0 Å². The minimum atomic E-state index is -0.216. The summed E-state index contributed by atoms with van der Waals surface area (Å²) in [7, 11) is 0. The molecule has 0 bridgehead atoms. The molecule has 1 aromatic heterocycles. The van der Waals surface area contributed by atoms with E-state index in [1.807, 2.05) is 6.07 Å². The van der Waals surface area contributed by atoms with Gasteiger partial charge in [0.15, 0.2) is 5.11 Å². The Morgan fingerprint density at radius 3 is 3.00 bits per heavy atom. The van der Waals surface area contributed by atoms with Crippen LogP contribution in [-0.2, 0) is 12.8 Å². The quantitative estimate of drug-likeness (QED) is 0.819. The van der Waals surface area contributed by atoms with Gasteiger partial charge in [0.05, 0.1) is 5.69 Å². The molecule has 4 nitrogen and oxygen atoms in total. The first-order valence-corrected chi connectivity index (χ1v) is 6.45. The van der Waals surface area contributed by atoms with Crippen molar-refractivity contribution in [2.24, 2.45) is 5.73 Å². The number of anilines is 1. The van der Waals surface area contributed by atoms with Crippen molar-refractivity contribution in [1.29, 1.82) is 0 Å². The summed E-state index contributed by atoms with van der Waals surface area (Å²) in [6, 6.07) is 6.72. The normalized spacial score (nSPS) is 13.1. The molecule has 98 valence electrons. The Balaban J connectivity index is 2.01. The summed E-state index contributed by atoms with van der Waals surface area (Å²) in [6.07, 6.45) is 1.31. The molecule has 2 heterocycles. The molecule has 1 aromatic carbocycles. The maximum Gasteiger partial charge on any atom is 0.193 e. The van der Waals surface area contributed by atoms with Crippen molar-refractivity contribution in [1.82, 2.24) is 9.78 Å². The van der Waals surface area contributed by atoms with Gasteiger partial charge in [-0.15, -0.1) is 0 Å². The third kappa shape index (κ3) is 2.08. The Kier molecular flexibility index (Phi) is 2.94. The second kappa shape index (κ2) is 4.62. The van der Waals surface area contributed by atoms with Crippen LogP contribution in [0, 0.1) is 5.82 Å². The van der Waals surface area contributed by atoms with E-state index >= 15 is 0 Å². The standard InChI is InChI=1S/C13H13FN4S/c14-10-4-2-1-3-8(10)7-11-9-5-6-16-12(9)18(17-11)13(15)19/h1-4,16H,5-7H2,(H2,15,19). The zero-order valence-corrected chi connectivity index (χ0v) is 11.0. The fourth-order valence-electron chi connectivity index (χ4n) is 2.37. The molecule has 0 radical (unpaired) electrons. The van der Waals surface area contributed by atoms with Crippen molar-refractivity contribution in [3.05, 3.63) is 46.9 Å². The molecule has 0 saturated carbocycles. The van der Waals surface area contributed by atoms with Gasteiger partial charge in [-0.25, -0.2) is 4.39 Å². The zero-order chi connectivity index (χ0) is 13.4. The summed E-state index contributed by atoms with van der Waals surface area (Å²) < 4.78 is 15.2. The van der Waals surface area contributed by atoms with Crippen molar-refractivity contribution in [3.8, 4) is 0 Å². The number of rotatable bonds is 2. The number of nitrogens with one attached hydrogen (secondary N) is 1. The van der Waals surface area contributed by atoms with Crippen LogP contribution in [-0.4, -0.2) is 21.4 Å². The first-order valence-electron chi connectivity index (χ1n) is 6.04. The minimum Gasteiger partial charge on any atom is -0.374 e. The lowest BCUT2D eigenvalue weighted by molar-refractivity contribution is 0.612. The monoisotopic (exact) mass is 276 g/mol. The molecule has 6 heteroatoms. The number of nitrogens with two attached hydrogens (primary N) is 1. The van der Waals surface area contributed by atoms with E-state index in [1.165, 1.54) is 10.7 Å². The predicted octanol–water partition coefficient (Wildman–Crippen LogP) is 1.67. The predicted molar refractivity (Wildman–Crippen MR) is 75.8 cm³/mol. The summed E-state index contributed by atoms with van der Waals surface area (Å²) in [6.45, 7) is 0.833. The molecule has 3 N–H and O–H groups in total. The highest BCUT2D eigenvalue weighted by atomic mass is 32.1. The van der Waals surface area contributed by atoms with Gasteiger partial charge < -0.3 is 11.1 Å². The largest absolute Gasteiger partial charge is 0.374 e. The third-order valence-electron chi connectivity index (χ3n) is 3.26. The van der Waals surface area contributed by atoms with Crippen LogP contribution < -0.4 is 11.1 Å². The molecular formula is C13H13FN4S. The van der Waals surface area contributed by atoms with Crippen molar-refractivity contribution in [2.75, 3.05) is 11.9 Å². The average molecular weight is 276 g/mol. The Labute approximate surface area is 115 Å². The summed E-state index contributed by atoms with van der Waals surface area (Å²) in [5, 5.41) is 7.80. The van der Waals surface area contributed by atoms with E-state index in [2.05, 4.69) is 10.4 Å². The smallest absolute Gasteiger partial charge is 0.193 e. The van der Waals surface area contributed by atoms with Gasteiger partial charge in [-0.1, -0.05) is 18.2 Å². The van der Waals surface area contributed by atoms with E-state index in [9.17, 15) is 4.39 Å². The van der Waals surface area contributed by atoms with Crippen LogP contribution in [0.4, 0.5) is 10.2 Å². The van der Waals surface area contributed by atoms with Gasteiger partial charge in [-0.2, -0.15) is 9.78 Å². The number of nitrogens with zero attached hydrogens (tertiary/aromatic N) is 2. The number of aromatic nitrogens is 2. The van der Waals surface area contributed by atoms with Gasteiger partial charge in [0.25, 0.3) is 0 Å². The van der Waals surface area contributed by atoms with Crippen LogP contribution in [0.25, 0.3) is 0 Å². The Morgan fingerprint density at radius 2 is 2.26 bits per heavy atom. The SMILES string of the molecule is NC(=S)n1nc(Cc2ccccc2F)c2c1NCC2. The summed E-state index contributed by atoms with van der Waals surface area (Å²) in [5.41, 5.74) is 8.18. The molecule has 0 saturated heterocycles. The molecule has 0 unspecified atom stereocenters. The van der Waals surface area contributed by atoms with Crippen LogP contribution in [0.2, 0.25) is 0 Å². The highest BCUT2D eigenvalue weighted by Gasteiger charge is 2.23. The number of benzene rings is 1. The second-order valence-electron chi connectivity index (χ2n) is 4.47. The number of halogens is 1. The van der Waals surface area contributed by atoms with Gasteiger partial charge >= 0.3 is 0 Å². The number of fused-ring (bicyclic) bond motifs is 1. The molecule has 0 aliphatic carbocycles. The lowest BCUT2D eigenvalue weighted by Gasteiger charge is -2.03. The van der Waals surface area contributed by atoms with Crippen LogP contribution in [0.15, 0.2) is 24.3 Å². The lowest BCUT2D eigenvalue weighted by Crippen LogP contribution is -2.22. The Morgan fingerprint density at radius 1 is 1.47 bits per heavy atom. The van der Waals surface area contributed by atoms with E-state index in [4.69, 9.17) is 18.0 Å². The molecule has 0 fully saturated rings. The van der Waals surface area contributed by atoms with Gasteiger partial charge in [-0.05, 0) is 30.3 Å². The Hall–Kier alpha value is -1.95. The fourth-order valence-corrected chi connectivity index (χ4v) is 2.50. The molecule has 0 spiro atoms. The van der Waals surface area contributed by atoms with Crippen molar-refractivity contribution < 1.29 is 4.39 Å². The molecule has 3 rings (SSSR count). The van der Waals surface area contributed by atoms with E-state index < -0.39 is 0 Å². The molecule has 1 aliphatic rings. The average Bonchev–Trinajstić information content (AvgIpc) is 2.95. The van der Waals surface area contributed by atoms with Gasteiger partial charge in [0.1, 0.15) is 11.6 Å². The fraction of sp³-hybridized carbons (Fsp3) is 0.231. The molecule has 19 heavy (non-hydrogen) atoms. The van der Waals surface area contributed by atoms with Crippen LogP contribution in [0.3, 0.4) is 0 Å². The molecule has 0 atom stereocenters. The van der Waals surface area contributed by atoms with E-state index in [0.29, 0.717) is 12.0 Å². The van der Waals surface area contributed by atoms with Crippen LogP contribution in [0.5, 0.6) is 0 Å². The highest BCUT2D eigenvalue weighted by molar-refractivity contribution is 7.80. The topological polar surface area (TPSA) is 55.9 Å². The van der Waals surface area contributed by atoms with E-state index in [-0.39, 0.29) is 10.9 Å². The van der Waals surface area contributed by atoms with Crippen molar-refractivity contribution >= 4 is 23.1 Å². The Bertz CT molecular complexity index is 650. The first-order chi connectivity index (χ1) is 9.16. The number of hydrogen-bond acceptors (Lipinski definition) is 3. The second-order valence-corrected chi connectivity index (χ2v) is 4.89. The first kappa shape index (κ1) is 12.1. The maximum atomic E-state index is 13.7. The third-order valence-corrected chi connectivity index (χ3v) is 3.43.